The van der Waals surface area contributed by atoms with Gasteiger partial charge in [0.15, 0.2) is 0 Å². The monoisotopic (exact) mass is 335 g/mol. The molecule has 1 aliphatic heterocycles. The van der Waals surface area contributed by atoms with E-state index in [0.29, 0.717) is 18.8 Å². The van der Waals surface area contributed by atoms with Crippen LogP contribution in [0.25, 0.3) is 0 Å². The average molecular weight is 335 g/mol. The van der Waals surface area contributed by atoms with Gasteiger partial charge in [0, 0.05) is 24.4 Å². The maximum Gasteiger partial charge on any atom is 0.310 e. The van der Waals surface area contributed by atoms with Gasteiger partial charge in [-0.3, -0.25) is 24.6 Å². The number of carbonyl (C=O) groups excluding carboxylic acids is 2. The molecule has 1 N–H and O–H groups in total. The molecular weight excluding hydrogens is 314 g/mol. The number of rotatable bonds is 6. The van der Waals surface area contributed by atoms with Gasteiger partial charge in [-0.2, -0.15) is 0 Å². The van der Waals surface area contributed by atoms with Crippen molar-refractivity contribution in [3.63, 3.8) is 0 Å². The van der Waals surface area contributed by atoms with Gasteiger partial charge in [-0.25, -0.2) is 0 Å². The van der Waals surface area contributed by atoms with Crippen LogP contribution in [0.3, 0.4) is 0 Å². The molecule has 1 fully saturated rings. The van der Waals surface area contributed by atoms with E-state index in [9.17, 15) is 19.7 Å². The lowest BCUT2D eigenvalue weighted by Crippen LogP contribution is -2.43. The van der Waals surface area contributed by atoms with Crippen LogP contribution in [-0.2, 0) is 14.3 Å². The van der Waals surface area contributed by atoms with Crippen LogP contribution in [0.1, 0.15) is 19.8 Å². The normalized spacial score (nSPS) is 18.0. The van der Waals surface area contributed by atoms with Crippen molar-refractivity contribution in [3.05, 3.63) is 34.4 Å². The molecule has 0 saturated carbocycles. The van der Waals surface area contributed by atoms with Crippen LogP contribution in [0.2, 0.25) is 0 Å². The number of likely N-dealkylation sites (tertiary alicyclic amines) is 1. The molecule has 0 radical (unpaired) electrons. The molecule has 1 aliphatic rings. The lowest BCUT2D eigenvalue weighted by molar-refractivity contribution is -0.384. The summed E-state index contributed by atoms with van der Waals surface area (Å²) in [4.78, 5) is 36.1. The highest BCUT2D eigenvalue weighted by Crippen LogP contribution is 2.19. The van der Waals surface area contributed by atoms with E-state index < -0.39 is 4.92 Å². The zero-order chi connectivity index (χ0) is 17.5. The zero-order valence-corrected chi connectivity index (χ0v) is 13.6. The van der Waals surface area contributed by atoms with Gasteiger partial charge in [0.25, 0.3) is 5.69 Å². The SMILES string of the molecule is CCOC(=O)[C@@H]1CCCN(CC(=O)Nc2cccc([N+](=O)[O-])c2)C1. The number of carbonyl (C=O) groups is 2. The Hall–Kier alpha value is -2.48. The predicted octanol–water partition coefficient (Wildman–Crippen LogP) is 1.81. The second-order valence-electron chi connectivity index (χ2n) is 5.68. The van der Waals surface area contributed by atoms with E-state index in [4.69, 9.17) is 4.74 Å². The summed E-state index contributed by atoms with van der Waals surface area (Å²) in [6, 6.07) is 5.80. The summed E-state index contributed by atoms with van der Waals surface area (Å²) in [5, 5.41) is 13.4. The molecule has 8 nitrogen and oxygen atoms in total. The Labute approximate surface area is 139 Å². The summed E-state index contributed by atoms with van der Waals surface area (Å²) < 4.78 is 5.04. The van der Waals surface area contributed by atoms with Crippen molar-refractivity contribution < 1.29 is 19.2 Å². The lowest BCUT2D eigenvalue weighted by atomic mass is 9.98. The Morgan fingerprint density at radius 2 is 2.25 bits per heavy atom. The van der Waals surface area contributed by atoms with Crippen LogP contribution in [0.5, 0.6) is 0 Å². The van der Waals surface area contributed by atoms with E-state index in [1.807, 2.05) is 4.90 Å². The minimum atomic E-state index is -0.510. The molecule has 2 rings (SSSR count). The topological polar surface area (TPSA) is 102 Å². The molecule has 24 heavy (non-hydrogen) atoms. The molecule has 0 spiro atoms. The Kier molecular flexibility index (Phi) is 6.25. The summed E-state index contributed by atoms with van der Waals surface area (Å²) in [6.07, 6.45) is 1.59. The largest absolute Gasteiger partial charge is 0.466 e. The minimum Gasteiger partial charge on any atom is -0.466 e. The van der Waals surface area contributed by atoms with Gasteiger partial charge in [0.1, 0.15) is 0 Å². The van der Waals surface area contributed by atoms with Gasteiger partial charge >= 0.3 is 5.97 Å². The molecule has 1 saturated heterocycles. The standard InChI is InChI=1S/C16H21N3O5/c1-2-24-16(21)12-5-4-8-18(10-12)11-15(20)17-13-6-3-7-14(9-13)19(22)23/h3,6-7,9,12H,2,4-5,8,10-11H2,1H3,(H,17,20)/t12-/m1/s1. The number of benzene rings is 1. The number of nitrogens with one attached hydrogen (secondary N) is 1. The number of nitro benzene ring substituents is 1. The number of piperidine rings is 1. The first-order valence-electron chi connectivity index (χ1n) is 7.93. The Morgan fingerprint density at radius 1 is 1.46 bits per heavy atom. The van der Waals surface area contributed by atoms with Crippen LogP contribution >= 0.6 is 0 Å². The summed E-state index contributed by atoms with van der Waals surface area (Å²) in [5.74, 6) is -0.689. The van der Waals surface area contributed by atoms with Crippen molar-refractivity contribution in [3.8, 4) is 0 Å². The highest BCUT2D eigenvalue weighted by atomic mass is 16.6. The molecule has 0 unspecified atom stereocenters. The molecule has 0 aromatic heterocycles. The molecule has 1 heterocycles. The van der Waals surface area contributed by atoms with E-state index in [-0.39, 0.29) is 30.0 Å². The van der Waals surface area contributed by atoms with Crippen molar-refractivity contribution in [1.29, 1.82) is 0 Å². The Morgan fingerprint density at radius 3 is 2.96 bits per heavy atom. The number of amides is 1. The van der Waals surface area contributed by atoms with Crippen molar-refractivity contribution in [2.24, 2.45) is 5.92 Å². The first kappa shape index (κ1) is 17.9. The van der Waals surface area contributed by atoms with Crippen molar-refractivity contribution in [2.45, 2.75) is 19.8 Å². The van der Waals surface area contributed by atoms with E-state index in [0.717, 1.165) is 19.4 Å². The molecule has 1 atom stereocenters. The van der Waals surface area contributed by atoms with Crippen molar-refractivity contribution >= 4 is 23.3 Å². The number of hydrogen-bond donors (Lipinski definition) is 1. The van der Waals surface area contributed by atoms with Gasteiger partial charge in [-0.15, -0.1) is 0 Å². The number of non-ortho nitro benzene ring substituents is 1. The summed E-state index contributed by atoms with van der Waals surface area (Å²) in [5.41, 5.74) is 0.307. The van der Waals surface area contributed by atoms with Crippen LogP contribution in [-0.4, -0.2) is 47.9 Å². The highest BCUT2D eigenvalue weighted by Gasteiger charge is 2.27. The van der Waals surface area contributed by atoms with Gasteiger partial charge in [0.2, 0.25) is 5.91 Å². The molecular formula is C16H21N3O5. The van der Waals surface area contributed by atoms with E-state index in [2.05, 4.69) is 5.32 Å². The van der Waals surface area contributed by atoms with Crippen molar-refractivity contribution in [1.82, 2.24) is 4.90 Å². The molecule has 8 heteroatoms. The number of esters is 1. The van der Waals surface area contributed by atoms with Crippen LogP contribution in [0, 0.1) is 16.0 Å². The first-order valence-corrected chi connectivity index (χ1v) is 7.93. The third kappa shape index (κ3) is 5.02. The maximum atomic E-state index is 12.1. The molecule has 0 aliphatic carbocycles. The highest BCUT2D eigenvalue weighted by molar-refractivity contribution is 5.92. The number of nitro groups is 1. The lowest BCUT2D eigenvalue weighted by Gasteiger charge is -2.30. The van der Waals surface area contributed by atoms with Gasteiger partial charge in [-0.1, -0.05) is 6.07 Å². The smallest absolute Gasteiger partial charge is 0.310 e. The fourth-order valence-electron chi connectivity index (χ4n) is 2.75. The number of anilines is 1. The fourth-order valence-corrected chi connectivity index (χ4v) is 2.75. The summed E-state index contributed by atoms with van der Waals surface area (Å²) in [7, 11) is 0. The third-order valence-corrected chi connectivity index (χ3v) is 3.83. The van der Waals surface area contributed by atoms with Crippen LogP contribution in [0.15, 0.2) is 24.3 Å². The zero-order valence-electron chi connectivity index (χ0n) is 13.6. The summed E-state index contributed by atoms with van der Waals surface area (Å²) >= 11 is 0. The number of nitrogens with zero attached hydrogens (tertiary/aromatic N) is 2. The minimum absolute atomic E-state index is 0.0758. The number of hydrogen-bond acceptors (Lipinski definition) is 6. The first-order chi connectivity index (χ1) is 11.5. The van der Waals surface area contributed by atoms with E-state index in [1.54, 1.807) is 13.0 Å². The van der Waals surface area contributed by atoms with Crippen LogP contribution < -0.4 is 5.32 Å². The van der Waals surface area contributed by atoms with E-state index >= 15 is 0 Å². The molecule has 1 aromatic carbocycles. The summed E-state index contributed by atoms with van der Waals surface area (Å²) in [6.45, 7) is 3.48. The van der Waals surface area contributed by atoms with Gasteiger partial charge < -0.3 is 10.1 Å². The molecule has 1 aromatic rings. The predicted molar refractivity (Wildman–Crippen MR) is 87.5 cm³/mol. The molecule has 130 valence electrons. The van der Waals surface area contributed by atoms with Crippen LogP contribution in [0.4, 0.5) is 11.4 Å². The Bertz CT molecular complexity index is 619. The fraction of sp³-hybridized carbons (Fsp3) is 0.500. The molecule has 1 amide bonds. The number of ether oxygens (including phenoxy) is 1. The van der Waals surface area contributed by atoms with E-state index in [1.165, 1.54) is 18.2 Å². The van der Waals surface area contributed by atoms with Gasteiger partial charge in [-0.05, 0) is 32.4 Å². The Balaban J connectivity index is 1.89. The second kappa shape index (κ2) is 8.39. The molecule has 0 bridgehead atoms. The quantitative estimate of drug-likeness (QED) is 0.483. The average Bonchev–Trinajstić information content (AvgIpc) is 2.55. The maximum absolute atomic E-state index is 12.1. The third-order valence-electron chi connectivity index (χ3n) is 3.83. The van der Waals surface area contributed by atoms with Crippen molar-refractivity contribution in [2.75, 3.05) is 31.6 Å². The second-order valence-corrected chi connectivity index (χ2v) is 5.68. The van der Waals surface area contributed by atoms with Gasteiger partial charge in [0.05, 0.1) is 24.0 Å².